The lowest BCUT2D eigenvalue weighted by molar-refractivity contribution is 0.284. The SMILES string of the molecule is CCCOc1c(F)cc(CCN)cc1F. The molecule has 0 heterocycles. The Labute approximate surface area is 88.0 Å². The second kappa shape index (κ2) is 5.66. The van der Waals surface area contributed by atoms with Crippen LogP contribution >= 0.6 is 0 Å². The normalized spacial score (nSPS) is 10.4. The van der Waals surface area contributed by atoms with Crippen LogP contribution in [0.2, 0.25) is 0 Å². The van der Waals surface area contributed by atoms with Crippen LogP contribution in [-0.4, -0.2) is 13.2 Å². The minimum atomic E-state index is -0.660. The lowest BCUT2D eigenvalue weighted by Crippen LogP contribution is -2.05. The Morgan fingerprint density at radius 2 is 1.87 bits per heavy atom. The zero-order chi connectivity index (χ0) is 11.3. The molecule has 0 atom stereocenters. The first-order valence-electron chi connectivity index (χ1n) is 4.99. The van der Waals surface area contributed by atoms with Crippen LogP contribution in [-0.2, 0) is 6.42 Å². The molecule has 0 spiro atoms. The Bertz CT molecular complexity index is 305. The van der Waals surface area contributed by atoms with Gasteiger partial charge in [0.2, 0.25) is 0 Å². The molecule has 0 aliphatic carbocycles. The highest BCUT2D eigenvalue weighted by Gasteiger charge is 2.11. The minimum Gasteiger partial charge on any atom is -0.488 e. The van der Waals surface area contributed by atoms with E-state index >= 15 is 0 Å². The van der Waals surface area contributed by atoms with Gasteiger partial charge in [-0.2, -0.15) is 0 Å². The van der Waals surface area contributed by atoms with Gasteiger partial charge in [-0.25, -0.2) is 8.78 Å². The topological polar surface area (TPSA) is 35.2 Å². The van der Waals surface area contributed by atoms with Gasteiger partial charge in [-0.15, -0.1) is 0 Å². The van der Waals surface area contributed by atoms with Crippen molar-refractivity contribution in [3.63, 3.8) is 0 Å². The van der Waals surface area contributed by atoms with Crippen molar-refractivity contribution in [3.8, 4) is 5.75 Å². The molecule has 0 bridgehead atoms. The highest BCUT2D eigenvalue weighted by atomic mass is 19.1. The summed E-state index contributed by atoms with van der Waals surface area (Å²) in [6.07, 6.45) is 1.17. The lowest BCUT2D eigenvalue weighted by atomic mass is 10.1. The van der Waals surface area contributed by atoms with Crippen molar-refractivity contribution in [1.82, 2.24) is 0 Å². The third-order valence-electron chi connectivity index (χ3n) is 1.94. The third kappa shape index (κ3) is 3.16. The molecule has 0 aromatic heterocycles. The molecule has 0 saturated heterocycles. The maximum Gasteiger partial charge on any atom is 0.190 e. The fraction of sp³-hybridized carbons (Fsp3) is 0.455. The molecule has 0 radical (unpaired) electrons. The zero-order valence-electron chi connectivity index (χ0n) is 8.72. The van der Waals surface area contributed by atoms with E-state index in [2.05, 4.69) is 0 Å². The van der Waals surface area contributed by atoms with Crippen LogP contribution in [0.5, 0.6) is 5.75 Å². The molecule has 0 amide bonds. The highest BCUT2D eigenvalue weighted by molar-refractivity contribution is 5.31. The van der Waals surface area contributed by atoms with E-state index in [0.717, 1.165) is 0 Å². The van der Waals surface area contributed by atoms with Crippen molar-refractivity contribution < 1.29 is 13.5 Å². The number of nitrogens with two attached hydrogens (primary N) is 1. The van der Waals surface area contributed by atoms with Crippen LogP contribution in [0.25, 0.3) is 0 Å². The van der Waals surface area contributed by atoms with Crippen LogP contribution in [0.3, 0.4) is 0 Å². The predicted molar refractivity (Wildman–Crippen MR) is 54.9 cm³/mol. The summed E-state index contributed by atoms with van der Waals surface area (Å²) in [4.78, 5) is 0. The minimum absolute atomic E-state index is 0.294. The lowest BCUT2D eigenvalue weighted by Gasteiger charge is -2.08. The average Bonchev–Trinajstić information content (AvgIpc) is 2.17. The van der Waals surface area contributed by atoms with Gasteiger partial charge < -0.3 is 10.5 Å². The maximum absolute atomic E-state index is 13.4. The number of hydrogen-bond acceptors (Lipinski definition) is 2. The summed E-state index contributed by atoms with van der Waals surface area (Å²) < 4.78 is 31.7. The summed E-state index contributed by atoms with van der Waals surface area (Å²) in [5, 5.41) is 0. The van der Waals surface area contributed by atoms with Crippen molar-refractivity contribution in [2.75, 3.05) is 13.2 Å². The fourth-order valence-corrected chi connectivity index (χ4v) is 1.27. The van der Waals surface area contributed by atoms with E-state index in [-0.39, 0.29) is 5.75 Å². The molecular formula is C11H15F2NO. The van der Waals surface area contributed by atoms with Crippen LogP contribution in [0.1, 0.15) is 18.9 Å². The molecule has 0 unspecified atom stereocenters. The summed E-state index contributed by atoms with van der Waals surface area (Å²) in [7, 11) is 0. The van der Waals surface area contributed by atoms with Gasteiger partial charge >= 0.3 is 0 Å². The number of hydrogen-bond donors (Lipinski definition) is 1. The molecule has 0 saturated carbocycles. The van der Waals surface area contributed by atoms with E-state index in [4.69, 9.17) is 10.5 Å². The van der Waals surface area contributed by atoms with E-state index in [1.54, 1.807) is 0 Å². The molecule has 0 aliphatic rings. The van der Waals surface area contributed by atoms with Crippen LogP contribution in [0.15, 0.2) is 12.1 Å². The van der Waals surface area contributed by atoms with Crippen molar-refractivity contribution in [2.24, 2.45) is 5.73 Å². The van der Waals surface area contributed by atoms with Crippen LogP contribution in [0.4, 0.5) is 8.78 Å². The quantitative estimate of drug-likeness (QED) is 0.817. The van der Waals surface area contributed by atoms with Gasteiger partial charge in [0.25, 0.3) is 0 Å². The number of ether oxygens (including phenoxy) is 1. The first-order chi connectivity index (χ1) is 7.19. The van der Waals surface area contributed by atoms with E-state index in [1.165, 1.54) is 12.1 Å². The maximum atomic E-state index is 13.4. The van der Waals surface area contributed by atoms with Gasteiger partial charge in [0.05, 0.1) is 6.61 Å². The van der Waals surface area contributed by atoms with Gasteiger partial charge in [-0.1, -0.05) is 6.92 Å². The first kappa shape index (κ1) is 11.9. The molecule has 0 fully saturated rings. The zero-order valence-corrected chi connectivity index (χ0v) is 8.72. The Hall–Kier alpha value is -1.16. The summed E-state index contributed by atoms with van der Waals surface area (Å²) in [5.41, 5.74) is 5.85. The Balaban J connectivity index is 2.88. The highest BCUT2D eigenvalue weighted by Crippen LogP contribution is 2.23. The predicted octanol–water partition coefficient (Wildman–Crippen LogP) is 2.25. The first-order valence-corrected chi connectivity index (χ1v) is 4.99. The van der Waals surface area contributed by atoms with E-state index in [1.807, 2.05) is 6.92 Å². The van der Waals surface area contributed by atoms with Gasteiger partial charge in [-0.05, 0) is 37.1 Å². The summed E-state index contributed by atoms with van der Waals surface area (Å²) >= 11 is 0. The third-order valence-corrected chi connectivity index (χ3v) is 1.94. The summed E-state index contributed by atoms with van der Waals surface area (Å²) in [5.74, 6) is -1.61. The van der Waals surface area contributed by atoms with E-state index in [9.17, 15) is 8.78 Å². The molecule has 1 aromatic rings. The van der Waals surface area contributed by atoms with Gasteiger partial charge in [0.15, 0.2) is 17.4 Å². The molecule has 15 heavy (non-hydrogen) atoms. The molecular weight excluding hydrogens is 200 g/mol. The van der Waals surface area contributed by atoms with Crippen LogP contribution in [0, 0.1) is 11.6 Å². The molecule has 4 heteroatoms. The smallest absolute Gasteiger partial charge is 0.190 e. The fourth-order valence-electron chi connectivity index (χ4n) is 1.27. The number of rotatable bonds is 5. The largest absolute Gasteiger partial charge is 0.488 e. The van der Waals surface area contributed by atoms with Crippen molar-refractivity contribution in [2.45, 2.75) is 19.8 Å². The number of benzene rings is 1. The molecule has 2 nitrogen and oxygen atoms in total. The second-order valence-electron chi connectivity index (χ2n) is 3.28. The van der Waals surface area contributed by atoms with Gasteiger partial charge in [0.1, 0.15) is 0 Å². The molecule has 2 N–H and O–H groups in total. The van der Waals surface area contributed by atoms with Crippen molar-refractivity contribution in [3.05, 3.63) is 29.3 Å². The monoisotopic (exact) mass is 215 g/mol. The Morgan fingerprint density at radius 1 is 1.27 bits per heavy atom. The Morgan fingerprint density at radius 3 is 2.33 bits per heavy atom. The Kier molecular flexibility index (Phi) is 4.49. The molecule has 0 aliphatic heterocycles. The molecule has 1 rings (SSSR count). The summed E-state index contributed by atoms with van der Waals surface area (Å²) in [6.45, 7) is 2.55. The van der Waals surface area contributed by atoms with Gasteiger partial charge in [0, 0.05) is 0 Å². The van der Waals surface area contributed by atoms with Crippen molar-refractivity contribution in [1.29, 1.82) is 0 Å². The summed E-state index contributed by atoms with van der Waals surface area (Å²) in [6, 6.07) is 2.53. The van der Waals surface area contributed by atoms with Gasteiger partial charge in [-0.3, -0.25) is 0 Å². The number of halogens is 2. The standard InChI is InChI=1S/C11H15F2NO/c1-2-5-15-11-9(12)6-8(3-4-14)7-10(11)13/h6-7H,2-5,14H2,1H3. The molecule has 84 valence electrons. The molecule has 1 aromatic carbocycles. The van der Waals surface area contributed by atoms with E-state index in [0.29, 0.717) is 31.6 Å². The van der Waals surface area contributed by atoms with E-state index < -0.39 is 11.6 Å². The average molecular weight is 215 g/mol. The van der Waals surface area contributed by atoms with Crippen LogP contribution < -0.4 is 10.5 Å². The van der Waals surface area contributed by atoms with Crippen molar-refractivity contribution >= 4 is 0 Å². The second-order valence-corrected chi connectivity index (χ2v) is 3.28.